The third-order valence-electron chi connectivity index (χ3n) is 4.22. The molecule has 0 atom stereocenters. The van der Waals surface area contributed by atoms with Crippen LogP contribution in [-0.4, -0.2) is 19.3 Å². The Hall–Kier alpha value is -3.12. The maximum absolute atomic E-state index is 12.8. The molecule has 3 aromatic rings. The Bertz CT molecular complexity index is 1040. The molecule has 0 aliphatic rings. The molecule has 0 aromatic heterocycles. The van der Waals surface area contributed by atoms with Crippen LogP contribution < -0.4 is 4.72 Å². The molecule has 27 heavy (non-hydrogen) atoms. The second-order valence-electron chi connectivity index (χ2n) is 5.96. The molecule has 0 saturated heterocycles. The van der Waals surface area contributed by atoms with Gasteiger partial charge in [-0.05, 0) is 30.2 Å². The lowest BCUT2D eigenvalue weighted by Crippen LogP contribution is -2.16. The van der Waals surface area contributed by atoms with Crippen LogP contribution in [0, 0.1) is 0 Å². The predicted octanol–water partition coefficient (Wildman–Crippen LogP) is 4.28. The van der Waals surface area contributed by atoms with Crippen LogP contribution in [0.5, 0.6) is 0 Å². The zero-order chi connectivity index (χ0) is 19.3. The normalized spacial score (nSPS) is 12.0. The molecule has 0 aliphatic heterocycles. The maximum atomic E-state index is 12.8. The van der Waals surface area contributed by atoms with E-state index in [2.05, 4.69) is 9.88 Å². The molecule has 3 aromatic carbocycles. The molecular weight excluding hydrogens is 360 g/mol. The van der Waals surface area contributed by atoms with Crippen molar-refractivity contribution >= 4 is 21.4 Å². The van der Waals surface area contributed by atoms with E-state index in [1.165, 1.54) is 0 Å². The van der Waals surface area contributed by atoms with E-state index in [1.54, 1.807) is 60.7 Å². The third kappa shape index (κ3) is 4.17. The Morgan fingerprint density at radius 3 is 2.19 bits per heavy atom. The molecule has 0 amide bonds. The minimum Gasteiger partial charge on any atom is -0.410 e. The summed E-state index contributed by atoms with van der Waals surface area (Å²) in [6.45, 7) is 2.01. The van der Waals surface area contributed by atoms with Gasteiger partial charge in [0.05, 0.1) is 10.6 Å². The first-order valence-corrected chi connectivity index (χ1v) is 10.0. The molecule has 0 fully saturated rings. The number of benzene rings is 3. The van der Waals surface area contributed by atoms with Crippen LogP contribution in [0.1, 0.15) is 23.6 Å². The predicted molar refractivity (Wildman–Crippen MR) is 107 cm³/mol. The summed E-state index contributed by atoms with van der Waals surface area (Å²) in [4.78, 5) is 0.178. The Labute approximate surface area is 159 Å². The zero-order valence-corrected chi connectivity index (χ0v) is 15.6. The van der Waals surface area contributed by atoms with Gasteiger partial charge in [0.25, 0.3) is 10.0 Å². The number of nitrogens with zero attached hydrogens (tertiary/aromatic N) is 1. The van der Waals surface area contributed by atoms with Gasteiger partial charge in [0.15, 0.2) is 0 Å². The van der Waals surface area contributed by atoms with Gasteiger partial charge in [0, 0.05) is 11.1 Å². The van der Waals surface area contributed by atoms with Crippen molar-refractivity contribution in [3.05, 3.63) is 95.6 Å². The van der Waals surface area contributed by atoms with Gasteiger partial charge in [-0.2, -0.15) is 0 Å². The molecule has 0 aliphatic carbocycles. The number of hydrogen-bond donors (Lipinski definition) is 2. The molecule has 138 valence electrons. The molecular formula is C21H20N2O3S. The summed E-state index contributed by atoms with van der Waals surface area (Å²) in [6, 6.07) is 22.7. The third-order valence-corrected chi connectivity index (χ3v) is 5.60. The van der Waals surface area contributed by atoms with Gasteiger partial charge in [0.1, 0.15) is 5.71 Å². The van der Waals surface area contributed by atoms with Gasteiger partial charge in [-0.3, -0.25) is 4.72 Å². The number of para-hydroxylation sites is 1. The molecule has 2 N–H and O–H groups in total. The van der Waals surface area contributed by atoms with Crippen molar-refractivity contribution in [3.8, 4) is 0 Å². The van der Waals surface area contributed by atoms with E-state index in [-0.39, 0.29) is 10.6 Å². The van der Waals surface area contributed by atoms with Crippen LogP contribution in [0.15, 0.2) is 88.9 Å². The van der Waals surface area contributed by atoms with Crippen molar-refractivity contribution in [1.29, 1.82) is 0 Å². The summed E-state index contributed by atoms with van der Waals surface area (Å²) in [5.41, 5.74) is 2.86. The number of sulfonamides is 1. The smallest absolute Gasteiger partial charge is 0.261 e. The molecule has 0 spiro atoms. The molecule has 0 bridgehead atoms. The Morgan fingerprint density at radius 2 is 1.56 bits per heavy atom. The summed E-state index contributed by atoms with van der Waals surface area (Å²) < 4.78 is 28.2. The quantitative estimate of drug-likeness (QED) is 0.381. The van der Waals surface area contributed by atoms with Crippen molar-refractivity contribution in [3.63, 3.8) is 0 Å². The number of nitrogens with one attached hydrogen (secondary N) is 1. The van der Waals surface area contributed by atoms with Crippen LogP contribution in [-0.2, 0) is 16.4 Å². The lowest BCUT2D eigenvalue weighted by Gasteiger charge is -2.14. The Kier molecular flexibility index (Phi) is 5.57. The van der Waals surface area contributed by atoms with E-state index in [0.717, 1.165) is 12.0 Å². The van der Waals surface area contributed by atoms with Crippen LogP contribution in [0.4, 0.5) is 5.69 Å². The molecule has 0 unspecified atom stereocenters. The topological polar surface area (TPSA) is 78.8 Å². The number of anilines is 1. The fourth-order valence-corrected chi connectivity index (χ4v) is 3.83. The minimum absolute atomic E-state index is 0.178. The summed E-state index contributed by atoms with van der Waals surface area (Å²) >= 11 is 0. The van der Waals surface area contributed by atoms with Crippen LogP contribution in [0.2, 0.25) is 0 Å². The molecule has 5 nitrogen and oxygen atoms in total. The second-order valence-corrected chi connectivity index (χ2v) is 7.65. The highest BCUT2D eigenvalue weighted by Gasteiger charge is 2.18. The second kappa shape index (κ2) is 8.05. The molecule has 0 saturated carbocycles. The van der Waals surface area contributed by atoms with E-state index in [9.17, 15) is 13.6 Å². The largest absolute Gasteiger partial charge is 0.410 e. The van der Waals surface area contributed by atoms with Gasteiger partial charge >= 0.3 is 0 Å². The summed E-state index contributed by atoms with van der Waals surface area (Å²) in [5, 5.41) is 12.9. The first-order chi connectivity index (χ1) is 13.0. The van der Waals surface area contributed by atoms with E-state index >= 15 is 0 Å². The van der Waals surface area contributed by atoms with Crippen molar-refractivity contribution in [1.82, 2.24) is 0 Å². The Morgan fingerprint density at radius 1 is 0.926 bits per heavy atom. The monoisotopic (exact) mass is 380 g/mol. The summed E-state index contributed by atoms with van der Waals surface area (Å²) in [6.07, 6.45) is 0.837. The van der Waals surface area contributed by atoms with Crippen molar-refractivity contribution < 1.29 is 13.6 Å². The number of oxime groups is 1. The van der Waals surface area contributed by atoms with E-state index in [4.69, 9.17) is 0 Å². The molecule has 3 rings (SSSR count). The number of hydrogen-bond acceptors (Lipinski definition) is 4. The highest BCUT2D eigenvalue weighted by molar-refractivity contribution is 7.92. The van der Waals surface area contributed by atoms with Gasteiger partial charge < -0.3 is 5.21 Å². The van der Waals surface area contributed by atoms with Gasteiger partial charge in [-0.25, -0.2) is 8.42 Å². The highest BCUT2D eigenvalue weighted by atomic mass is 32.2. The standard InChI is InChI=1S/C21H20N2O3S/c1-2-16-12-14-18(15-13-16)27(25,26)23-20-11-7-6-10-19(20)21(22-24)17-8-4-3-5-9-17/h3-15,23-24H,2H2,1H3/b22-21-. The summed E-state index contributed by atoms with van der Waals surface area (Å²) in [5.74, 6) is 0. The fraction of sp³-hybridized carbons (Fsp3) is 0.0952. The lowest BCUT2D eigenvalue weighted by atomic mass is 10.0. The van der Waals surface area contributed by atoms with E-state index in [1.807, 2.05) is 25.1 Å². The van der Waals surface area contributed by atoms with Crippen LogP contribution >= 0.6 is 0 Å². The molecule has 6 heteroatoms. The summed E-state index contributed by atoms with van der Waals surface area (Å²) in [7, 11) is -3.77. The van der Waals surface area contributed by atoms with Crippen molar-refractivity contribution in [2.75, 3.05) is 4.72 Å². The Balaban J connectivity index is 1.98. The van der Waals surface area contributed by atoms with Crippen molar-refractivity contribution in [2.45, 2.75) is 18.2 Å². The van der Waals surface area contributed by atoms with Crippen molar-refractivity contribution in [2.24, 2.45) is 5.16 Å². The molecule has 0 radical (unpaired) electrons. The number of aryl methyl sites for hydroxylation is 1. The van der Waals surface area contributed by atoms with Gasteiger partial charge in [0.2, 0.25) is 0 Å². The average molecular weight is 380 g/mol. The molecule has 0 heterocycles. The number of rotatable bonds is 6. The maximum Gasteiger partial charge on any atom is 0.261 e. The lowest BCUT2D eigenvalue weighted by molar-refractivity contribution is 0.319. The SMILES string of the molecule is CCc1ccc(S(=O)(=O)Nc2ccccc2/C(=N\O)c2ccccc2)cc1. The minimum atomic E-state index is -3.77. The van der Waals surface area contributed by atoms with Crippen LogP contribution in [0.25, 0.3) is 0 Å². The average Bonchev–Trinajstić information content (AvgIpc) is 2.70. The first kappa shape index (κ1) is 18.7. The fourth-order valence-electron chi connectivity index (χ4n) is 2.75. The van der Waals surface area contributed by atoms with E-state index in [0.29, 0.717) is 16.8 Å². The zero-order valence-electron chi connectivity index (χ0n) is 14.8. The van der Waals surface area contributed by atoms with E-state index < -0.39 is 10.0 Å². The van der Waals surface area contributed by atoms with Gasteiger partial charge in [-0.1, -0.05) is 72.7 Å². The first-order valence-electron chi connectivity index (χ1n) is 8.54. The van der Waals surface area contributed by atoms with Gasteiger partial charge in [-0.15, -0.1) is 0 Å². The highest BCUT2D eigenvalue weighted by Crippen LogP contribution is 2.23. The van der Waals surface area contributed by atoms with Crippen LogP contribution in [0.3, 0.4) is 0 Å².